The fourth-order valence-corrected chi connectivity index (χ4v) is 2.00. The van der Waals surface area contributed by atoms with Crippen LogP contribution in [0.5, 0.6) is 0 Å². The van der Waals surface area contributed by atoms with Crippen molar-refractivity contribution in [3.63, 3.8) is 0 Å². The molecule has 0 radical (unpaired) electrons. The highest BCUT2D eigenvalue weighted by molar-refractivity contribution is 6.33. The Hall–Kier alpha value is -1.09. The standard InChI is InChI=1S/C10H14ClN3/c11-7-5-9(13)10(6-8(7)12)14-3-1-2-4-14/h5-6H,1-4,12-13H2. The van der Waals surface area contributed by atoms with Crippen molar-refractivity contribution in [3.8, 4) is 0 Å². The number of hydrogen-bond donors (Lipinski definition) is 2. The molecule has 1 aliphatic heterocycles. The summed E-state index contributed by atoms with van der Waals surface area (Å²) in [4.78, 5) is 2.25. The summed E-state index contributed by atoms with van der Waals surface area (Å²) in [6.07, 6.45) is 2.45. The van der Waals surface area contributed by atoms with Gasteiger partial charge in [-0.2, -0.15) is 0 Å². The highest BCUT2D eigenvalue weighted by Gasteiger charge is 2.15. The second-order valence-electron chi connectivity index (χ2n) is 3.63. The lowest BCUT2D eigenvalue weighted by atomic mass is 10.2. The van der Waals surface area contributed by atoms with Gasteiger partial charge < -0.3 is 16.4 Å². The normalized spacial score (nSPS) is 16.2. The highest BCUT2D eigenvalue weighted by Crippen LogP contribution is 2.33. The first kappa shape index (κ1) is 9.46. The minimum Gasteiger partial charge on any atom is -0.397 e. The van der Waals surface area contributed by atoms with Gasteiger partial charge in [-0.15, -0.1) is 0 Å². The summed E-state index contributed by atoms with van der Waals surface area (Å²) < 4.78 is 0. The Morgan fingerprint density at radius 3 is 2.36 bits per heavy atom. The average molecular weight is 212 g/mol. The minimum atomic E-state index is 0.533. The summed E-state index contributed by atoms with van der Waals surface area (Å²) in [5.74, 6) is 0. The maximum Gasteiger partial charge on any atom is 0.0657 e. The topological polar surface area (TPSA) is 55.3 Å². The minimum absolute atomic E-state index is 0.533. The van der Waals surface area contributed by atoms with Crippen molar-refractivity contribution in [3.05, 3.63) is 17.2 Å². The molecular weight excluding hydrogens is 198 g/mol. The van der Waals surface area contributed by atoms with Crippen molar-refractivity contribution in [2.24, 2.45) is 0 Å². The predicted octanol–water partition coefficient (Wildman–Crippen LogP) is 2.10. The molecule has 0 aliphatic carbocycles. The number of nitrogens with two attached hydrogens (primary N) is 2. The molecule has 2 rings (SSSR count). The number of nitrogens with zero attached hydrogens (tertiary/aromatic N) is 1. The molecule has 0 saturated carbocycles. The molecule has 3 nitrogen and oxygen atoms in total. The van der Waals surface area contributed by atoms with Gasteiger partial charge in [0.25, 0.3) is 0 Å². The first-order chi connectivity index (χ1) is 6.68. The number of hydrogen-bond acceptors (Lipinski definition) is 3. The van der Waals surface area contributed by atoms with Crippen LogP contribution >= 0.6 is 11.6 Å². The summed E-state index contributed by atoms with van der Waals surface area (Å²) in [6, 6.07) is 3.59. The molecule has 0 aromatic heterocycles. The molecule has 1 aliphatic rings. The quantitative estimate of drug-likeness (QED) is 0.700. The number of benzene rings is 1. The average Bonchev–Trinajstić information content (AvgIpc) is 2.64. The fraction of sp³-hybridized carbons (Fsp3) is 0.400. The Kier molecular flexibility index (Phi) is 2.42. The number of nitrogen functional groups attached to an aromatic ring is 2. The first-order valence-corrected chi connectivity index (χ1v) is 5.16. The molecule has 0 atom stereocenters. The third-order valence-electron chi connectivity index (χ3n) is 2.59. The van der Waals surface area contributed by atoms with Gasteiger partial charge in [-0.3, -0.25) is 0 Å². The summed E-state index contributed by atoms with van der Waals surface area (Å²) in [5.41, 5.74) is 14.0. The lowest BCUT2D eigenvalue weighted by Crippen LogP contribution is -2.19. The lowest BCUT2D eigenvalue weighted by Gasteiger charge is -2.20. The van der Waals surface area contributed by atoms with E-state index in [1.807, 2.05) is 6.07 Å². The molecule has 1 aromatic rings. The third-order valence-corrected chi connectivity index (χ3v) is 2.92. The van der Waals surface area contributed by atoms with Gasteiger partial charge in [0.1, 0.15) is 0 Å². The van der Waals surface area contributed by atoms with Crippen molar-refractivity contribution >= 4 is 28.7 Å². The molecule has 0 bridgehead atoms. The van der Waals surface area contributed by atoms with Crippen LogP contribution in [-0.4, -0.2) is 13.1 Å². The Morgan fingerprint density at radius 1 is 1.07 bits per heavy atom. The predicted molar refractivity (Wildman–Crippen MR) is 61.7 cm³/mol. The molecule has 0 spiro atoms. The summed E-state index contributed by atoms with van der Waals surface area (Å²) in [5, 5.41) is 0.533. The van der Waals surface area contributed by atoms with E-state index in [0.29, 0.717) is 16.4 Å². The van der Waals surface area contributed by atoms with E-state index >= 15 is 0 Å². The number of rotatable bonds is 1. The number of anilines is 3. The SMILES string of the molecule is Nc1cc(N2CCCC2)c(N)cc1Cl. The van der Waals surface area contributed by atoms with Gasteiger partial charge in [-0.25, -0.2) is 0 Å². The lowest BCUT2D eigenvalue weighted by molar-refractivity contribution is 0.949. The smallest absolute Gasteiger partial charge is 0.0657 e. The van der Waals surface area contributed by atoms with E-state index < -0.39 is 0 Å². The van der Waals surface area contributed by atoms with Crippen LogP contribution in [0.3, 0.4) is 0 Å². The van der Waals surface area contributed by atoms with Crippen LogP contribution in [0.4, 0.5) is 17.1 Å². The maximum atomic E-state index is 5.89. The molecule has 76 valence electrons. The monoisotopic (exact) mass is 211 g/mol. The van der Waals surface area contributed by atoms with Crippen molar-refractivity contribution in [1.29, 1.82) is 0 Å². The summed E-state index contributed by atoms with van der Waals surface area (Å²) in [7, 11) is 0. The van der Waals surface area contributed by atoms with Crippen LogP contribution < -0.4 is 16.4 Å². The molecule has 1 saturated heterocycles. The molecule has 4 N–H and O–H groups in total. The van der Waals surface area contributed by atoms with Crippen molar-refractivity contribution in [2.45, 2.75) is 12.8 Å². The third kappa shape index (κ3) is 1.60. The maximum absolute atomic E-state index is 5.89. The van der Waals surface area contributed by atoms with Gasteiger partial charge in [-0.05, 0) is 25.0 Å². The Labute approximate surface area is 88.6 Å². The Bertz CT molecular complexity index is 345. The van der Waals surface area contributed by atoms with E-state index in [1.54, 1.807) is 6.07 Å². The molecule has 0 amide bonds. The molecule has 4 heteroatoms. The van der Waals surface area contributed by atoms with E-state index in [0.717, 1.165) is 18.8 Å². The van der Waals surface area contributed by atoms with Crippen molar-refractivity contribution in [2.75, 3.05) is 29.5 Å². The highest BCUT2D eigenvalue weighted by atomic mass is 35.5. The molecular formula is C10H14ClN3. The second-order valence-corrected chi connectivity index (χ2v) is 4.03. The van der Waals surface area contributed by atoms with Gasteiger partial charge in [0.2, 0.25) is 0 Å². The van der Waals surface area contributed by atoms with Crippen molar-refractivity contribution < 1.29 is 0 Å². The van der Waals surface area contributed by atoms with E-state index in [-0.39, 0.29) is 0 Å². The van der Waals surface area contributed by atoms with E-state index in [2.05, 4.69) is 4.90 Å². The van der Waals surface area contributed by atoms with Gasteiger partial charge in [0.05, 0.1) is 22.1 Å². The molecule has 1 fully saturated rings. The largest absolute Gasteiger partial charge is 0.397 e. The summed E-state index contributed by atoms with van der Waals surface area (Å²) in [6.45, 7) is 2.12. The molecule has 1 aromatic carbocycles. The number of halogens is 1. The van der Waals surface area contributed by atoms with Crippen LogP contribution in [0.2, 0.25) is 5.02 Å². The van der Waals surface area contributed by atoms with Crippen LogP contribution in [0.25, 0.3) is 0 Å². The zero-order chi connectivity index (χ0) is 10.1. The van der Waals surface area contributed by atoms with Gasteiger partial charge >= 0.3 is 0 Å². The zero-order valence-corrected chi connectivity index (χ0v) is 8.72. The molecule has 14 heavy (non-hydrogen) atoms. The van der Waals surface area contributed by atoms with Crippen LogP contribution in [0, 0.1) is 0 Å². The second kappa shape index (κ2) is 3.58. The van der Waals surface area contributed by atoms with Gasteiger partial charge in [0, 0.05) is 13.1 Å². The first-order valence-electron chi connectivity index (χ1n) is 4.78. The van der Waals surface area contributed by atoms with E-state index in [9.17, 15) is 0 Å². The summed E-state index contributed by atoms with van der Waals surface area (Å²) >= 11 is 5.87. The molecule has 1 heterocycles. The molecule has 0 unspecified atom stereocenters. The van der Waals surface area contributed by atoms with Gasteiger partial charge in [0.15, 0.2) is 0 Å². The Balaban J connectivity index is 2.37. The van der Waals surface area contributed by atoms with E-state index in [1.165, 1.54) is 12.8 Å². The van der Waals surface area contributed by atoms with E-state index in [4.69, 9.17) is 23.1 Å². The van der Waals surface area contributed by atoms with Crippen LogP contribution in [-0.2, 0) is 0 Å². The fourth-order valence-electron chi connectivity index (χ4n) is 1.83. The Morgan fingerprint density at radius 2 is 1.71 bits per heavy atom. The van der Waals surface area contributed by atoms with Crippen LogP contribution in [0.15, 0.2) is 12.1 Å². The van der Waals surface area contributed by atoms with Crippen molar-refractivity contribution in [1.82, 2.24) is 0 Å². The zero-order valence-electron chi connectivity index (χ0n) is 7.96. The van der Waals surface area contributed by atoms with Gasteiger partial charge in [-0.1, -0.05) is 11.6 Å². The van der Waals surface area contributed by atoms with Crippen LogP contribution in [0.1, 0.15) is 12.8 Å².